The van der Waals surface area contributed by atoms with Crippen molar-refractivity contribution < 1.29 is 9.53 Å². The fourth-order valence-electron chi connectivity index (χ4n) is 2.15. The molecule has 0 atom stereocenters. The van der Waals surface area contributed by atoms with Crippen molar-refractivity contribution >= 4 is 38.4 Å². The van der Waals surface area contributed by atoms with Crippen molar-refractivity contribution in [1.82, 2.24) is 14.8 Å². The summed E-state index contributed by atoms with van der Waals surface area (Å²) < 4.78 is 7.32. The molecule has 1 N–H and O–H groups in total. The highest BCUT2D eigenvalue weighted by Crippen LogP contribution is 2.22. The second-order valence-electron chi connectivity index (χ2n) is 4.70. The molecule has 0 unspecified atom stereocenters. The summed E-state index contributed by atoms with van der Waals surface area (Å²) in [5, 5.41) is 7.77. The number of nitrogens with one attached hydrogen (secondary N) is 1. The number of benzene rings is 1. The van der Waals surface area contributed by atoms with Gasteiger partial charge in [-0.3, -0.25) is 14.5 Å². The van der Waals surface area contributed by atoms with E-state index < -0.39 is 0 Å². The average Bonchev–Trinajstić information content (AvgIpc) is 2.85. The minimum absolute atomic E-state index is 0.249. The minimum atomic E-state index is -0.249. The van der Waals surface area contributed by atoms with E-state index in [1.807, 2.05) is 24.3 Å². The first kappa shape index (κ1) is 14.5. The van der Waals surface area contributed by atoms with Crippen molar-refractivity contribution in [3.8, 4) is 5.75 Å². The van der Waals surface area contributed by atoms with Crippen LogP contribution in [0.2, 0.25) is 0 Å². The average molecular weight is 361 g/mol. The summed E-state index contributed by atoms with van der Waals surface area (Å²) in [5.41, 5.74) is 1.88. The van der Waals surface area contributed by atoms with Crippen LogP contribution in [0.25, 0.3) is 10.9 Å². The zero-order valence-electron chi connectivity index (χ0n) is 12.0. The lowest BCUT2D eigenvalue weighted by Gasteiger charge is -2.07. The lowest BCUT2D eigenvalue weighted by atomic mass is 10.2. The zero-order valence-corrected chi connectivity index (χ0v) is 13.6. The summed E-state index contributed by atoms with van der Waals surface area (Å²) in [6.45, 7) is 0. The lowest BCUT2D eigenvalue weighted by molar-refractivity contribution is 0.101. The minimum Gasteiger partial charge on any atom is -0.497 e. The molecule has 2 aromatic heterocycles. The van der Waals surface area contributed by atoms with E-state index in [1.54, 1.807) is 26.6 Å². The molecule has 7 heteroatoms. The van der Waals surface area contributed by atoms with Gasteiger partial charge in [-0.1, -0.05) is 0 Å². The van der Waals surface area contributed by atoms with E-state index in [9.17, 15) is 4.79 Å². The summed E-state index contributed by atoms with van der Waals surface area (Å²) in [4.78, 5) is 16.6. The van der Waals surface area contributed by atoms with Gasteiger partial charge >= 0.3 is 0 Å². The molecule has 0 saturated carbocycles. The summed E-state index contributed by atoms with van der Waals surface area (Å²) in [5.74, 6) is 0.497. The van der Waals surface area contributed by atoms with Crippen molar-refractivity contribution in [3.63, 3.8) is 0 Å². The maximum atomic E-state index is 12.3. The monoisotopic (exact) mass is 360 g/mol. The van der Waals surface area contributed by atoms with Gasteiger partial charge in [0.1, 0.15) is 11.4 Å². The van der Waals surface area contributed by atoms with Gasteiger partial charge < -0.3 is 10.1 Å². The molecule has 3 rings (SSSR count). The lowest BCUT2D eigenvalue weighted by Crippen LogP contribution is -2.16. The van der Waals surface area contributed by atoms with Crippen molar-refractivity contribution in [3.05, 3.63) is 46.8 Å². The number of carbonyl (C=O) groups is 1. The van der Waals surface area contributed by atoms with Crippen LogP contribution in [0.4, 0.5) is 5.69 Å². The topological polar surface area (TPSA) is 69.0 Å². The third-order valence-electron chi connectivity index (χ3n) is 3.26. The number of carbonyl (C=O) groups excluding carboxylic acids is 1. The number of amides is 1. The van der Waals surface area contributed by atoms with E-state index in [0.29, 0.717) is 15.9 Å². The molecule has 0 radical (unpaired) electrons. The molecular formula is C15H13BrN4O2. The standard InChI is InChI=1S/C15H13BrN4O2/c1-20-14(12(16)8-18-20)15(21)19-10-5-9-3-4-11(22-2)6-13(9)17-7-10/h3-8H,1-2H3,(H,19,21). The smallest absolute Gasteiger partial charge is 0.275 e. The van der Waals surface area contributed by atoms with Gasteiger partial charge in [-0.05, 0) is 34.1 Å². The maximum Gasteiger partial charge on any atom is 0.275 e. The van der Waals surface area contributed by atoms with Crippen LogP contribution in [0.1, 0.15) is 10.5 Å². The molecule has 6 nitrogen and oxygen atoms in total. The molecule has 3 aromatic rings. The number of rotatable bonds is 3. The Morgan fingerprint density at radius 2 is 2.14 bits per heavy atom. The van der Waals surface area contributed by atoms with Crippen LogP contribution < -0.4 is 10.1 Å². The third kappa shape index (κ3) is 2.67. The summed E-state index contributed by atoms with van der Waals surface area (Å²) in [7, 11) is 3.33. The highest BCUT2D eigenvalue weighted by atomic mass is 79.9. The quantitative estimate of drug-likeness (QED) is 0.779. The summed E-state index contributed by atoms with van der Waals surface area (Å²) in [6.07, 6.45) is 3.20. The Labute approximate surface area is 135 Å². The van der Waals surface area contributed by atoms with Crippen LogP contribution in [-0.4, -0.2) is 27.8 Å². The molecule has 22 heavy (non-hydrogen) atoms. The third-order valence-corrected chi connectivity index (χ3v) is 3.84. The van der Waals surface area contributed by atoms with Gasteiger partial charge in [0.05, 0.1) is 35.2 Å². The number of nitrogens with zero attached hydrogens (tertiary/aromatic N) is 3. The molecule has 1 amide bonds. The fourth-order valence-corrected chi connectivity index (χ4v) is 2.68. The van der Waals surface area contributed by atoms with Gasteiger partial charge in [-0.25, -0.2) is 0 Å². The van der Waals surface area contributed by atoms with E-state index in [0.717, 1.165) is 16.7 Å². The number of methoxy groups -OCH3 is 1. The SMILES string of the molecule is COc1ccc2cc(NC(=O)c3c(Br)cnn3C)cnc2c1. The Balaban J connectivity index is 1.89. The van der Waals surface area contributed by atoms with E-state index in [-0.39, 0.29) is 5.91 Å². The number of halogens is 1. The molecule has 0 aliphatic heterocycles. The first-order valence-electron chi connectivity index (χ1n) is 6.51. The molecule has 0 bridgehead atoms. The van der Waals surface area contributed by atoms with Crippen molar-refractivity contribution in [2.24, 2.45) is 7.05 Å². The van der Waals surface area contributed by atoms with Crippen LogP contribution in [-0.2, 0) is 7.05 Å². The van der Waals surface area contributed by atoms with Crippen molar-refractivity contribution in [1.29, 1.82) is 0 Å². The molecule has 112 valence electrons. The number of pyridine rings is 1. The first-order valence-corrected chi connectivity index (χ1v) is 7.30. The fraction of sp³-hybridized carbons (Fsp3) is 0.133. The Morgan fingerprint density at radius 1 is 1.32 bits per heavy atom. The Hall–Kier alpha value is -2.41. The van der Waals surface area contributed by atoms with Crippen molar-refractivity contribution in [2.75, 3.05) is 12.4 Å². The largest absolute Gasteiger partial charge is 0.497 e. The highest BCUT2D eigenvalue weighted by Gasteiger charge is 2.15. The molecule has 2 heterocycles. The number of hydrogen-bond donors (Lipinski definition) is 1. The van der Waals surface area contributed by atoms with Crippen LogP contribution in [0.5, 0.6) is 5.75 Å². The van der Waals surface area contributed by atoms with Gasteiger partial charge in [0, 0.05) is 18.5 Å². The number of anilines is 1. The molecule has 0 spiro atoms. The van der Waals surface area contributed by atoms with Gasteiger partial charge in [-0.15, -0.1) is 0 Å². The predicted octanol–water partition coefficient (Wildman–Crippen LogP) is 2.99. The van der Waals surface area contributed by atoms with E-state index >= 15 is 0 Å². The van der Waals surface area contributed by atoms with Gasteiger partial charge in [0.2, 0.25) is 0 Å². The Kier molecular flexibility index (Phi) is 3.81. The molecule has 0 fully saturated rings. The summed E-state index contributed by atoms with van der Waals surface area (Å²) in [6, 6.07) is 7.46. The number of aryl methyl sites for hydroxylation is 1. The van der Waals surface area contributed by atoms with Gasteiger partial charge in [-0.2, -0.15) is 5.10 Å². The normalized spacial score (nSPS) is 10.7. The van der Waals surface area contributed by atoms with E-state index in [2.05, 4.69) is 31.3 Å². The van der Waals surface area contributed by atoms with Crippen LogP contribution >= 0.6 is 15.9 Å². The molecular weight excluding hydrogens is 348 g/mol. The predicted molar refractivity (Wildman–Crippen MR) is 87.2 cm³/mol. The number of ether oxygens (including phenoxy) is 1. The zero-order chi connectivity index (χ0) is 15.7. The van der Waals surface area contributed by atoms with E-state index in [1.165, 1.54) is 4.68 Å². The van der Waals surface area contributed by atoms with E-state index in [4.69, 9.17) is 4.74 Å². The number of hydrogen-bond acceptors (Lipinski definition) is 4. The molecule has 0 aliphatic carbocycles. The van der Waals surface area contributed by atoms with Crippen molar-refractivity contribution in [2.45, 2.75) is 0 Å². The maximum absolute atomic E-state index is 12.3. The first-order chi connectivity index (χ1) is 10.6. The summed E-state index contributed by atoms with van der Waals surface area (Å²) >= 11 is 3.31. The Morgan fingerprint density at radius 3 is 2.82 bits per heavy atom. The number of fused-ring (bicyclic) bond motifs is 1. The second kappa shape index (κ2) is 5.76. The molecule has 1 aromatic carbocycles. The highest BCUT2D eigenvalue weighted by molar-refractivity contribution is 9.10. The van der Waals surface area contributed by atoms with Gasteiger partial charge in [0.25, 0.3) is 5.91 Å². The van der Waals surface area contributed by atoms with Crippen LogP contribution in [0.3, 0.4) is 0 Å². The van der Waals surface area contributed by atoms with Crippen LogP contribution in [0.15, 0.2) is 41.1 Å². The van der Waals surface area contributed by atoms with Gasteiger partial charge in [0.15, 0.2) is 0 Å². The molecule has 0 aliphatic rings. The second-order valence-corrected chi connectivity index (χ2v) is 5.56. The molecule has 0 saturated heterocycles. The Bertz CT molecular complexity index is 840. The van der Waals surface area contributed by atoms with Crippen LogP contribution in [0, 0.1) is 0 Å². The number of aromatic nitrogens is 3.